The van der Waals surface area contributed by atoms with Crippen molar-refractivity contribution in [3.05, 3.63) is 49.8 Å². The van der Waals surface area contributed by atoms with Crippen molar-refractivity contribution in [3.63, 3.8) is 0 Å². The maximum Gasteiger partial charge on any atom is 0.321 e. The molecule has 0 spiro atoms. The van der Waals surface area contributed by atoms with Crippen LogP contribution in [-0.4, -0.2) is 27.1 Å². The number of hydrogen-bond acceptors (Lipinski definition) is 5. The van der Waals surface area contributed by atoms with Crippen LogP contribution in [-0.2, 0) is 17.8 Å². The molecule has 0 saturated carbocycles. The molecular weight excluding hydrogens is 302 g/mol. The van der Waals surface area contributed by atoms with Crippen LogP contribution in [0.4, 0.5) is 0 Å². The van der Waals surface area contributed by atoms with Crippen molar-refractivity contribution in [2.75, 3.05) is 0 Å². The highest BCUT2D eigenvalue weighted by Gasteiger charge is 2.18. The Morgan fingerprint density at radius 3 is 2.90 bits per heavy atom. The van der Waals surface area contributed by atoms with E-state index < -0.39 is 12.0 Å². The fraction of sp³-hybridized carbons (Fsp3) is 0.250. The van der Waals surface area contributed by atoms with Gasteiger partial charge in [-0.25, -0.2) is 4.98 Å². The average Bonchev–Trinajstić information content (AvgIpc) is 2.80. The number of carboxylic acids is 1. The van der Waals surface area contributed by atoms with Crippen molar-refractivity contribution in [2.24, 2.45) is 0 Å². The molecule has 2 rings (SSSR count). The summed E-state index contributed by atoms with van der Waals surface area (Å²) in [5.41, 5.74) is -0.302. The van der Waals surface area contributed by atoms with E-state index >= 15 is 0 Å². The van der Waals surface area contributed by atoms with E-state index in [9.17, 15) is 14.7 Å². The highest BCUT2D eigenvalue weighted by molar-refractivity contribution is 7.16. The van der Waals surface area contributed by atoms with Gasteiger partial charge in [-0.1, -0.05) is 11.6 Å². The first-order valence-corrected chi connectivity index (χ1v) is 6.98. The van der Waals surface area contributed by atoms with Crippen LogP contribution in [0.25, 0.3) is 0 Å². The van der Waals surface area contributed by atoms with Crippen molar-refractivity contribution < 1.29 is 9.90 Å². The number of aliphatic carboxylic acids is 1. The second-order valence-electron chi connectivity index (χ2n) is 4.06. The SMILES string of the molecule is O=C(O)C(Cc1nccc(=O)[nH]1)NCc1ccc(Cl)s1. The van der Waals surface area contributed by atoms with E-state index in [1.165, 1.54) is 23.6 Å². The topological polar surface area (TPSA) is 95.1 Å². The molecule has 0 amide bonds. The van der Waals surface area contributed by atoms with Gasteiger partial charge in [-0.05, 0) is 12.1 Å². The van der Waals surface area contributed by atoms with Gasteiger partial charge in [0.05, 0.1) is 4.34 Å². The molecule has 106 valence electrons. The molecule has 0 aromatic carbocycles. The van der Waals surface area contributed by atoms with Gasteiger partial charge in [0, 0.05) is 30.1 Å². The standard InChI is InChI=1S/C12H12ClN3O3S/c13-9-2-1-7(20-9)6-15-8(12(18)19)5-10-14-4-3-11(17)16-10/h1-4,8,15H,5-6H2,(H,18,19)(H,14,16,17). The lowest BCUT2D eigenvalue weighted by atomic mass is 10.2. The molecule has 0 aliphatic rings. The maximum atomic E-state index is 11.2. The normalized spacial score (nSPS) is 12.2. The first-order valence-electron chi connectivity index (χ1n) is 5.79. The molecule has 0 radical (unpaired) electrons. The lowest BCUT2D eigenvalue weighted by Gasteiger charge is -2.13. The van der Waals surface area contributed by atoms with Crippen molar-refractivity contribution in [1.82, 2.24) is 15.3 Å². The van der Waals surface area contributed by atoms with Gasteiger partial charge in [0.2, 0.25) is 0 Å². The number of thiophene rings is 1. The summed E-state index contributed by atoms with van der Waals surface area (Å²) in [7, 11) is 0. The van der Waals surface area contributed by atoms with Gasteiger partial charge < -0.3 is 10.1 Å². The summed E-state index contributed by atoms with van der Waals surface area (Å²) in [5, 5.41) is 12.1. The molecule has 2 heterocycles. The van der Waals surface area contributed by atoms with Crippen LogP contribution in [0.1, 0.15) is 10.7 Å². The second kappa shape index (κ2) is 6.65. The van der Waals surface area contributed by atoms with E-state index in [1.54, 1.807) is 6.07 Å². The quantitative estimate of drug-likeness (QED) is 0.746. The van der Waals surface area contributed by atoms with E-state index in [0.717, 1.165) is 4.88 Å². The zero-order valence-electron chi connectivity index (χ0n) is 10.3. The molecule has 20 heavy (non-hydrogen) atoms. The Kier molecular flexibility index (Phi) is 4.89. The van der Waals surface area contributed by atoms with E-state index in [0.29, 0.717) is 16.7 Å². The summed E-state index contributed by atoms with van der Waals surface area (Å²) in [6.07, 6.45) is 1.46. The molecular formula is C12H12ClN3O3S. The molecule has 0 bridgehead atoms. The van der Waals surface area contributed by atoms with Gasteiger partial charge in [-0.3, -0.25) is 14.9 Å². The molecule has 2 aromatic heterocycles. The smallest absolute Gasteiger partial charge is 0.321 e. The molecule has 1 atom stereocenters. The zero-order chi connectivity index (χ0) is 14.5. The number of nitrogens with zero attached hydrogens (tertiary/aromatic N) is 1. The third kappa shape index (κ3) is 4.16. The molecule has 6 nitrogen and oxygen atoms in total. The monoisotopic (exact) mass is 313 g/mol. The van der Waals surface area contributed by atoms with Gasteiger partial charge in [0.15, 0.2) is 0 Å². The Morgan fingerprint density at radius 1 is 1.50 bits per heavy atom. The first-order chi connectivity index (χ1) is 9.54. The van der Waals surface area contributed by atoms with Gasteiger partial charge in [0.1, 0.15) is 11.9 Å². The minimum atomic E-state index is -1.00. The van der Waals surface area contributed by atoms with E-state index in [2.05, 4.69) is 15.3 Å². The number of hydrogen-bond donors (Lipinski definition) is 3. The number of aromatic amines is 1. The van der Waals surface area contributed by atoms with Crippen LogP contribution < -0.4 is 10.9 Å². The summed E-state index contributed by atoms with van der Waals surface area (Å²) >= 11 is 7.20. The number of halogens is 1. The summed E-state index contributed by atoms with van der Waals surface area (Å²) < 4.78 is 0.655. The molecule has 8 heteroatoms. The highest BCUT2D eigenvalue weighted by Crippen LogP contribution is 2.21. The second-order valence-corrected chi connectivity index (χ2v) is 5.86. The third-order valence-electron chi connectivity index (χ3n) is 2.57. The first kappa shape index (κ1) is 14.7. The van der Waals surface area contributed by atoms with E-state index in [1.807, 2.05) is 6.07 Å². The summed E-state index contributed by atoms with van der Waals surface area (Å²) in [6.45, 7) is 0.394. The van der Waals surface area contributed by atoms with E-state index in [4.69, 9.17) is 11.6 Å². The van der Waals surface area contributed by atoms with Gasteiger partial charge in [0.25, 0.3) is 5.56 Å². The van der Waals surface area contributed by atoms with Crippen LogP contribution in [0.3, 0.4) is 0 Å². The minimum absolute atomic E-state index is 0.102. The number of rotatable bonds is 6. The molecule has 2 aromatic rings. The Bertz CT molecular complexity index is 655. The number of H-pyrrole nitrogens is 1. The largest absolute Gasteiger partial charge is 0.480 e. The van der Waals surface area contributed by atoms with Crippen molar-refractivity contribution in [3.8, 4) is 0 Å². The molecule has 0 aliphatic heterocycles. The summed E-state index contributed by atoms with van der Waals surface area (Å²) in [4.78, 5) is 29.7. The minimum Gasteiger partial charge on any atom is -0.480 e. The van der Waals surface area contributed by atoms with Crippen LogP contribution in [0.2, 0.25) is 4.34 Å². The summed E-state index contributed by atoms with van der Waals surface area (Å²) in [6, 6.07) is 4.04. The Hall–Kier alpha value is -1.70. The number of carbonyl (C=O) groups is 1. The van der Waals surface area contributed by atoms with Crippen molar-refractivity contribution in [2.45, 2.75) is 19.0 Å². The fourth-order valence-corrected chi connectivity index (χ4v) is 2.66. The van der Waals surface area contributed by atoms with Gasteiger partial charge in [-0.2, -0.15) is 0 Å². The Balaban J connectivity index is 2.00. The fourth-order valence-electron chi connectivity index (χ4n) is 1.63. The van der Waals surface area contributed by atoms with Gasteiger partial charge >= 0.3 is 5.97 Å². The lowest BCUT2D eigenvalue weighted by molar-refractivity contribution is -0.139. The predicted molar refractivity (Wildman–Crippen MR) is 76.2 cm³/mol. The highest BCUT2D eigenvalue weighted by atomic mass is 35.5. The molecule has 3 N–H and O–H groups in total. The average molecular weight is 314 g/mol. The van der Waals surface area contributed by atoms with E-state index in [-0.39, 0.29) is 12.0 Å². The van der Waals surface area contributed by atoms with Crippen molar-refractivity contribution in [1.29, 1.82) is 0 Å². The Labute approximate surface area is 123 Å². The number of aromatic nitrogens is 2. The number of carboxylic acid groups (broad SMARTS) is 1. The lowest BCUT2D eigenvalue weighted by Crippen LogP contribution is -2.38. The Morgan fingerprint density at radius 2 is 2.30 bits per heavy atom. The van der Waals surface area contributed by atoms with Crippen molar-refractivity contribution >= 4 is 28.9 Å². The van der Waals surface area contributed by atoms with Crippen LogP contribution >= 0.6 is 22.9 Å². The van der Waals surface area contributed by atoms with Crippen LogP contribution in [0.5, 0.6) is 0 Å². The van der Waals surface area contributed by atoms with Crippen LogP contribution in [0, 0.1) is 0 Å². The molecule has 1 unspecified atom stereocenters. The summed E-state index contributed by atoms with van der Waals surface area (Å²) in [5.74, 6) is -0.666. The predicted octanol–water partition coefficient (Wildman–Crippen LogP) is 1.27. The zero-order valence-corrected chi connectivity index (χ0v) is 11.9. The molecule has 0 saturated heterocycles. The van der Waals surface area contributed by atoms with Crippen LogP contribution in [0.15, 0.2) is 29.2 Å². The van der Waals surface area contributed by atoms with Gasteiger partial charge in [-0.15, -0.1) is 11.3 Å². The molecule has 0 aliphatic carbocycles. The number of nitrogens with one attached hydrogen (secondary N) is 2. The molecule has 0 fully saturated rings. The third-order valence-corrected chi connectivity index (χ3v) is 3.80. The maximum absolute atomic E-state index is 11.2.